The van der Waals surface area contributed by atoms with E-state index in [0.29, 0.717) is 17.0 Å². The first-order chi connectivity index (χ1) is 11.9. The molecular weight excluding hydrogens is 340 g/mol. The van der Waals surface area contributed by atoms with Crippen molar-refractivity contribution in [2.75, 3.05) is 19.5 Å². The largest absolute Gasteiger partial charge is 0.496 e. The quantitative estimate of drug-likeness (QED) is 0.776. The smallest absolute Gasteiger partial charge is 0.248 e. The van der Waals surface area contributed by atoms with Gasteiger partial charge in [-0.15, -0.1) is 0 Å². The molecule has 0 unspecified atom stereocenters. The maximum atomic E-state index is 12.1. The van der Waals surface area contributed by atoms with E-state index in [-0.39, 0.29) is 10.8 Å². The first kappa shape index (κ1) is 18.7. The minimum Gasteiger partial charge on any atom is -0.496 e. The number of rotatable bonds is 6. The second-order valence-corrected chi connectivity index (χ2v) is 7.11. The van der Waals surface area contributed by atoms with Crippen LogP contribution in [-0.4, -0.2) is 28.5 Å². The van der Waals surface area contributed by atoms with Crippen molar-refractivity contribution in [3.05, 3.63) is 59.7 Å². The van der Waals surface area contributed by atoms with Gasteiger partial charge in [-0.1, -0.05) is 24.3 Å². The van der Waals surface area contributed by atoms with Crippen molar-refractivity contribution >= 4 is 27.7 Å². The van der Waals surface area contributed by atoms with Crippen LogP contribution in [0.2, 0.25) is 0 Å². The summed E-state index contributed by atoms with van der Waals surface area (Å²) >= 11 is 0. The van der Waals surface area contributed by atoms with Crippen LogP contribution in [-0.2, 0) is 14.8 Å². The van der Waals surface area contributed by atoms with Crippen molar-refractivity contribution in [3.63, 3.8) is 0 Å². The highest BCUT2D eigenvalue weighted by atomic mass is 32.2. The molecule has 0 spiro atoms. The van der Waals surface area contributed by atoms with Gasteiger partial charge in [-0.2, -0.15) is 0 Å². The van der Waals surface area contributed by atoms with Crippen molar-refractivity contribution in [1.82, 2.24) is 4.72 Å². The highest BCUT2D eigenvalue weighted by Gasteiger charge is 2.15. The van der Waals surface area contributed by atoms with E-state index in [1.807, 2.05) is 18.2 Å². The molecule has 0 aliphatic rings. The number of carbonyl (C=O) groups excluding carboxylic acids is 1. The summed E-state index contributed by atoms with van der Waals surface area (Å²) in [6, 6.07) is 12.0. The number of methoxy groups -OCH3 is 1. The Labute approximate surface area is 147 Å². The normalized spacial score (nSPS) is 11.5. The van der Waals surface area contributed by atoms with Crippen molar-refractivity contribution in [2.24, 2.45) is 0 Å². The molecule has 0 heterocycles. The predicted octanol–water partition coefficient (Wildman–Crippen LogP) is 2.56. The highest BCUT2D eigenvalue weighted by Crippen LogP contribution is 2.21. The number of sulfonamides is 1. The lowest BCUT2D eigenvalue weighted by molar-refractivity contribution is -0.111. The number of hydrogen-bond acceptors (Lipinski definition) is 4. The lowest BCUT2D eigenvalue weighted by atomic mass is 10.2. The van der Waals surface area contributed by atoms with Crippen molar-refractivity contribution in [1.29, 1.82) is 0 Å². The van der Waals surface area contributed by atoms with E-state index in [1.165, 1.54) is 19.2 Å². The molecule has 6 nitrogen and oxygen atoms in total. The maximum absolute atomic E-state index is 12.1. The molecule has 0 aromatic heterocycles. The summed E-state index contributed by atoms with van der Waals surface area (Å²) in [6.45, 7) is 1.69. The molecule has 0 bridgehead atoms. The SMILES string of the molecule is CNS(=O)(=O)c1cc(NC(=O)/C=C/c2ccccc2OC)ccc1C. The Hall–Kier alpha value is -2.64. The van der Waals surface area contributed by atoms with Crippen LogP contribution >= 0.6 is 0 Å². The summed E-state index contributed by atoms with van der Waals surface area (Å²) in [5, 5.41) is 2.65. The van der Waals surface area contributed by atoms with Gasteiger partial charge in [0, 0.05) is 17.3 Å². The zero-order valence-electron chi connectivity index (χ0n) is 14.2. The lowest BCUT2D eigenvalue weighted by Gasteiger charge is -2.09. The van der Waals surface area contributed by atoms with E-state index >= 15 is 0 Å². The molecule has 132 valence electrons. The van der Waals surface area contributed by atoms with Crippen molar-refractivity contribution < 1.29 is 17.9 Å². The minimum absolute atomic E-state index is 0.126. The second kappa shape index (κ2) is 7.96. The summed E-state index contributed by atoms with van der Waals surface area (Å²) in [4.78, 5) is 12.2. The van der Waals surface area contributed by atoms with Gasteiger partial charge in [0.05, 0.1) is 12.0 Å². The van der Waals surface area contributed by atoms with Crippen LogP contribution in [0.4, 0.5) is 5.69 Å². The summed E-state index contributed by atoms with van der Waals surface area (Å²) in [5.41, 5.74) is 1.76. The van der Waals surface area contributed by atoms with Crippen LogP contribution in [0, 0.1) is 6.92 Å². The Morgan fingerprint density at radius 3 is 2.56 bits per heavy atom. The number of carbonyl (C=O) groups is 1. The van der Waals surface area contributed by atoms with Crippen LogP contribution in [0.25, 0.3) is 6.08 Å². The van der Waals surface area contributed by atoms with E-state index in [1.54, 1.807) is 38.3 Å². The first-order valence-corrected chi connectivity index (χ1v) is 9.02. The third-order valence-corrected chi connectivity index (χ3v) is 5.12. The highest BCUT2D eigenvalue weighted by molar-refractivity contribution is 7.89. The number of amides is 1. The van der Waals surface area contributed by atoms with E-state index in [0.717, 1.165) is 5.56 Å². The molecule has 0 atom stereocenters. The Morgan fingerprint density at radius 2 is 1.88 bits per heavy atom. The molecule has 0 saturated heterocycles. The van der Waals surface area contributed by atoms with Crippen LogP contribution in [0.3, 0.4) is 0 Å². The number of anilines is 1. The van der Waals surface area contributed by atoms with Gasteiger partial charge in [0.25, 0.3) is 0 Å². The summed E-state index contributed by atoms with van der Waals surface area (Å²) in [5.74, 6) is 0.284. The van der Waals surface area contributed by atoms with Gasteiger partial charge >= 0.3 is 0 Å². The van der Waals surface area contributed by atoms with Crippen molar-refractivity contribution in [2.45, 2.75) is 11.8 Å². The molecule has 0 aliphatic carbocycles. The van der Waals surface area contributed by atoms with Gasteiger partial charge in [-0.25, -0.2) is 13.1 Å². The molecule has 7 heteroatoms. The monoisotopic (exact) mass is 360 g/mol. The molecule has 0 aliphatic heterocycles. The number of nitrogens with one attached hydrogen (secondary N) is 2. The minimum atomic E-state index is -3.59. The van der Waals surface area contributed by atoms with Crippen LogP contribution in [0.15, 0.2) is 53.4 Å². The molecule has 2 aromatic carbocycles. The van der Waals surface area contributed by atoms with Gasteiger partial charge < -0.3 is 10.1 Å². The molecule has 1 amide bonds. The van der Waals surface area contributed by atoms with E-state index in [4.69, 9.17) is 4.74 Å². The third kappa shape index (κ3) is 4.68. The Balaban J connectivity index is 2.18. The number of hydrogen-bond donors (Lipinski definition) is 2. The topological polar surface area (TPSA) is 84.5 Å². The average Bonchev–Trinajstić information content (AvgIpc) is 2.61. The molecule has 2 rings (SSSR count). The molecule has 2 N–H and O–H groups in total. The number of benzene rings is 2. The first-order valence-electron chi connectivity index (χ1n) is 7.53. The Morgan fingerprint density at radius 1 is 1.16 bits per heavy atom. The fourth-order valence-electron chi connectivity index (χ4n) is 2.23. The fourth-order valence-corrected chi connectivity index (χ4v) is 3.22. The van der Waals surface area contributed by atoms with Crippen LogP contribution in [0.1, 0.15) is 11.1 Å². The average molecular weight is 360 g/mol. The molecule has 0 fully saturated rings. The van der Waals surface area contributed by atoms with Gasteiger partial charge in [0.15, 0.2) is 0 Å². The van der Waals surface area contributed by atoms with Gasteiger partial charge in [-0.05, 0) is 43.8 Å². The zero-order chi connectivity index (χ0) is 18.4. The molecule has 0 radical (unpaired) electrons. The van der Waals surface area contributed by atoms with E-state index in [9.17, 15) is 13.2 Å². The number of para-hydroxylation sites is 1. The maximum Gasteiger partial charge on any atom is 0.248 e. The second-order valence-electron chi connectivity index (χ2n) is 5.25. The molecule has 2 aromatic rings. The summed E-state index contributed by atoms with van der Waals surface area (Å²) in [6.07, 6.45) is 3.00. The van der Waals surface area contributed by atoms with E-state index < -0.39 is 10.0 Å². The standard InChI is InChI=1S/C18H20N2O4S/c1-13-8-10-15(12-17(13)25(22,23)19-2)20-18(21)11-9-14-6-4-5-7-16(14)24-3/h4-12,19H,1-3H3,(H,20,21)/b11-9+. The number of ether oxygens (including phenoxy) is 1. The molecule has 25 heavy (non-hydrogen) atoms. The fraction of sp³-hybridized carbons (Fsp3) is 0.167. The van der Waals surface area contributed by atoms with Gasteiger partial charge in [0.2, 0.25) is 15.9 Å². The molecular formula is C18H20N2O4S. The van der Waals surface area contributed by atoms with Crippen molar-refractivity contribution in [3.8, 4) is 5.75 Å². The van der Waals surface area contributed by atoms with Gasteiger partial charge in [-0.3, -0.25) is 4.79 Å². The van der Waals surface area contributed by atoms with Crippen LogP contribution in [0.5, 0.6) is 5.75 Å². The lowest BCUT2D eigenvalue weighted by Crippen LogP contribution is -2.20. The Bertz CT molecular complexity index is 905. The summed E-state index contributed by atoms with van der Waals surface area (Å²) < 4.78 is 31.5. The number of aryl methyl sites for hydroxylation is 1. The Kier molecular flexibility index (Phi) is 5.95. The van der Waals surface area contributed by atoms with Crippen LogP contribution < -0.4 is 14.8 Å². The third-order valence-electron chi connectivity index (χ3n) is 3.57. The molecule has 0 saturated carbocycles. The van der Waals surface area contributed by atoms with E-state index in [2.05, 4.69) is 10.0 Å². The summed E-state index contributed by atoms with van der Waals surface area (Å²) in [7, 11) is -0.686. The zero-order valence-corrected chi connectivity index (χ0v) is 15.1. The van der Waals surface area contributed by atoms with Gasteiger partial charge in [0.1, 0.15) is 5.75 Å². The predicted molar refractivity (Wildman–Crippen MR) is 98.1 cm³/mol.